The Morgan fingerprint density at radius 1 is 1.17 bits per heavy atom. The van der Waals surface area contributed by atoms with Gasteiger partial charge in [0.25, 0.3) is 0 Å². The lowest BCUT2D eigenvalue weighted by Crippen LogP contribution is -2.41. The first-order chi connectivity index (χ1) is 10.8. The van der Waals surface area contributed by atoms with Crippen molar-refractivity contribution in [1.29, 1.82) is 0 Å². The molecule has 2 aromatic heterocycles. The molecule has 0 spiro atoms. The maximum atomic E-state index is 6.28. The largest absolute Gasteiger partial charge is 0.512 e. The minimum Gasteiger partial charge on any atom is -0.398 e. The second-order valence-corrected chi connectivity index (χ2v) is 8.08. The summed E-state index contributed by atoms with van der Waals surface area (Å²) >= 11 is 0. The van der Waals surface area contributed by atoms with Crippen molar-refractivity contribution in [3.05, 3.63) is 23.9 Å². The van der Waals surface area contributed by atoms with Gasteiger partial charge in [-0.05, 0) is 71.6 Å². The number of rotatable bonds is 3. The molecule has 0 radical (unpaired) electrons. The van der Waals surface area contributed by atoms with Crippen LogP contribution in [0.4, 0.5) is 0 Å². The summed E-state index contributed by atoms with van der Waals surface area (Å²) in [4.78, 5) is 4.77. The lowest BCUT2D eigenvalue weighted by atomic mass is 9.84. The van der Waals surface area contributed by atoms with Crippen molar-refractivity contribution in [2.24, 2.45) is 5.92 Å². The number of nitrogens with zero attached hydrogens (tertiary/aromatic N) is 2. The first-order valence-electron chi connectivity index (χ1n) is 8.59. The number of aryl methyl sites for hydroxylation is 1. The summed E-state index contributed by atoms with van der Waals surface area (Å²) < 4.78 is 14.9. The second kappa shape index (κ2) is 4.84. The number of hydrogen-bond donors (Lipinski definition) is 0. The molecule has 2 aliphatic rings. The second-order valence-electron chi connectivity index (χ2n) is 8.08. The van der Waals surface area contributed by atoms with E-state index in [0.29, 0.717) is 0 Å². The van der Waals surface area contributed by atoms with Crippen LogP contribution in [0.1, 0.15) is 46.2 Å². The Kier molecular flexibility index (Phi) is 3.20. The summed E-state index contributed by atoms with van der Waals surface area (Å²) in [6, 6.07) is 6.40. The van der Waals surface area contributed by atoms with Crippen LogP contribution in [-0.2, 0) is 15.9 Å². The highest BCUT2D eigenvalue weighted by atomic mass is 16.7. The highest BCUT2D eigenvalue weighted by Gasteiger charge is 2.53. The van der Waals surface area contributed by atoms with Crippen LogP contribution in [0.5, 0.6) is 0 Å². The van der Waals surface area contributed by atoms with Gasteiger partial charge in [-0.25, -0.2) is 4.98 Å². The normalized spacial score (nSPS) is 22.9. The first-order valence-corrected chi connectivity index (χ1v) is 8.59. The smallest absolute Gasteiger partial charge is 0.398 e. The molecule has 4 rings (SSSR count). The number of hydrogen-bond acceptors (Lipinski definition) is 3. The molecule has 0 atom stereocenters. The third-order valence-corrected chi connectivity index (χ3v) is 5.55. The summed E-state index contributed by atoms with van der Waals surface area (Å²) in [5.41, 5.74) is 2.57. The van der Waals surface area contributed by atoms with E-state index < -0.39 is 0 Å². The Hall–Kier alpha value is -1.33. The topological polar surface area (TPSA) is 36.3 Å². The molecule has 1 saturated heterocycles. The van der Waals surface area contributed by atoms with Crippen molar-refractivity contribution in [2.75, 3.05) is 0 Å². The summed E-state index contributed by atoms with van der Waals surface area (Å²) in [7, 11) is -0.326. The molecule has 3 heterocycles. The minimum atomic E-state index is -0.326. The predicted molar refractivity (Wildman–Crippen MR) is 92.9 cm³/mol. The van der Waals surface area contributed by atoms with Gasteiger partial charge in [-0.3, -0.25) is 0 Å². The standard InChI is InChI=1S/C18H25BN2O2/c1-12-6-9-14-10-15(19-22-17(2,3)18(4,5)23-19)21(16(14)20-12)11-13-7-8-13/h6,9-10,13H,7-8,11H2,1-5H3. The lowest BCUT2D eigenvalue weighted by Gasteiger charge is -2.32. The maximum absolute atomic E-state index is 6.28. The van der Waals surface area contributed by atoms with E-state index in [1.54, 1.807) is 0 Å². The zero-order valence-electron chi connectivity index (χ0n) is 14.7. The fourth-order valence-corrected chi connectivity index (χ4v) is 3.15. The van der Waals surface area contributed by atoms with Gasteiger partial charge < -0.3 is 13.9 Å². The van der Waals surface area contributed by atoms with Gasteiger partial charge in [0.1, 0.15) is 5.65 Å². The van der Waals surface area contributed by atoms with Gasteiger partial charge in [0.05, 0.1) is 16.8 Å². The van der Waals surface area contributed by atoms with Crippen LogP contribution in [0.25, 0.3) is 11.0 Å². The number of fused-ring (bicyclic) bond motifs is 1. The quantitative estimate of drug-likeness (QED) is 0.817. The van der Waals surface area contributed by atoms with E-state index in [0.717, 1.165) is 29.4 Å². The van der Waals surface area contributed by atoms with Gasteiger partial charge in [0.2, 0.25) is 0 Å². The Morgan fingerprint density at radius 3 is 2.43 bits per heavy atom. The van der Waals surface area contributed by atoms with E-state index in [-0.39, 0.29) is 18.3 Å². The van der Waals surface area contributed by atoms with Crippen LogP contribution in [0.15, 0.2) is 18.2 Å². The molecule has 23 heavy (non-hydrogen) atoms. The third kappa shape index (κ3) is 2.50. The van der Waals surface area contributed by atoms with Crippen molar-refractivity contribution in [1.82, 2.24) is 9.55 Å². The highest BCUT2D eigenvalue weighted by molar-refractivity contribution is 6.61. The monoisotopic (exact) mass is 312 g/mol. The maximum Gasteiger partial charge on any atom is 0.512 e. The summed E-state index contributed by atoms with van der Waals surface area (Å²) in [5.74, 6) is 0.772. The van der Waals surface area contributed by atoms with E-state index in [1.165, 1.54) is 18.2 Å². The van der Waals surface area contributed by atoms with E-state index in [9.17, 15) is 0 Å². The van der Waals surface area contributed by atoms with Crippen molar-refractivity contribution < 1.29 is 9.31 Å². The molecule has 1 saturated carbocycles. The summed E-state index contributed by atoms with van der Waals surface area (Å²) in [5, 5.41) is 1.17. The van der Waals surface area contributed by atoms with Gasteiger partial charge in [-0.2, -0.15) is 0 Å². The molecule has 0 unspecified atom stereocenters. The SMILES string of the molecule is Cc1ccc2cc(B3OC(C)(C)C(C)(C)O3)n(CC3CC3)c2n1. The highest BCUT2D eigenvalue weighted by Crippen LogP contribution is 2.37. The molecule has 122 valence electrons. The van der Waals surface area contributed by atoms with Crippen molar-refractivity contribution in [3.8, 4) is 0 Å². The van der Waals surface area contributed by atoms with Crippen molar-refractivity contribution in [2.45, 2.75) is 65.2 Å². The Morgan fingerprint density at radius 2 is 1.83 bits per heavy atom. The molecule has 5 heteroatoms. The molecule has 0 bridgehead atoms. The van der Waals surface area contributed by atoms with E-state index in [1.807, 2.05) is 6.92 Å². The fraction of sp³-hybridized carbons (Fsp3) is 0.611. The van der Waals surface area contributed by atoms with E-state index in [4.69, 9.17) is 14.3 Å². The summed E-state index contributed by atoms with van der Waals surface area (Å²) in [6.07, 6.45) is 2.63. The predicted octanol–water partition coefficient (Wildman–Crippen LogP) is 3.05. The van der Waals surface area contributed by atoms with Crippen LogP contribution < -0.4 is 5.59 Å². The van der Waals surface area contributed by atoms with Gasteiger partial charge in [0, 0.05) is 17.6 Å². The van der Waals surface area contributed by atoms with Crippen LogP contribution in [-0.4, -0.2) is 27.9 Å². The van der Waals surface area contributed by atoms with E-state index in [2.05, 4.69) is 50.5 Å². The van der Waals surface area contributed by atoms with Gasteiger partial charge in [0.15, 0.2) is 0 Å². The van der Waals surface area contributed by atoms with Crippen LogP contribution in [0, 0.1) is 12.8 Å². The lowest BCUT2D eigenvalue weighted by molar-refractivity contribution is 0.00578. The Labute approximate surface area is 138 Å². The Balaban J connectivity index is 1.80. The van der Waals surface area contributed by atoms with Crippen molar-refractivity contribution >= 4 is 23.7 Å². The zero-order chi connectivity index (χ0) is 16.4. The zero-order valence-corrected chi connectivity index (χ0v) is 14.7. The third-order valence-electron chi connectivity index (χ3n) is 5.55. The minimum absolute atomic E-state index is 0.318. The molecule has 2 fully saturated rings. The molecule has 1 aliphatic heterocycles. The molecule has 0 amide bonds. The molecule has 0 aromatic carbocycles. The fourth-order valence-electron chi connectivity index (χ4n) is 3.15. The van der Waals surface area contributed by atoms with Crippen molar-refractivity contribution in [3.63, 3.8) is 0 Å². The van der Waals surface area contributed by atoms with Gasteiger partial charge in [-0.15, -0.1) is 0 Å². The number of aromatic nitrogens is 2. The molecular formula is C18H25BN2O2. The average molecular weight is 312 g/mol. The molecule has 4 nitrogen and oxygen atoms in total. The average Bonchev–Trinajstić information content (AvgIpc) is 3.15. The van der Waals surface area contributed by atoms with Gasteiger partial charge >= 0.3 is 7.12 Å². The molecule has 2 aromatic rings. The van der Waals surface area contributed by atoms with Crippen LogP contribution in [0.3, 0.4) is 0 Å². The van der Waals surface area contributed by atoms with E-state index >= 15 is 0 Å². The molecular weight excluding hydrogens is 287 g/mol. The summed E-state index contributed by atoms with van der Waals surface area (Å²) in [6.45, 7) is 11.5. The Bertz CT molecular complexity index is 746. The molecule has 0 N–H and O–H groups in total. The van der Waals surface area contributed by atoms with Crippen LogP contribution >= 0.6 is 0 Å². The first kappa shape index (κ1) is 15.2. The van der Waals surface area contributed by atoms with Crippen LogP contribution in [0.2, 0.25) is 0 Å². The number of pyridine rings is 1. The van der Waals surface area contributed by atoms with Gasteiger partial charge in [-0.1, -0.05) is 0 Å². The molecule has 1 aliphatic carbocycles.